The largest absolute Gasteiger partial charge is 0.375 e. The van der Waals surface area contributed by atoms with Gasteiger partial charge in [0.2, 0.25) is 0 Å². The summed E-state index contributed by atoms with van der Waals surface area (Å²) >= 11 is 0. The van der Waals surface area contributed by atoms with E-state index in [-0.39, 0.29) is 0 Å². The Balaban J connectivity index is 2.10. The predicted octanol–water partition coefficient (Wildman–Crippen LogP) is 1.24. The minimum Gasteiger partial charge on any atom is -0.375 e. The molecule has 2 heterocycles. The fraction of sp³-hybridized carbons (Fsp3) is 0.545. The van der Waals surface area contributed by atoms with Crippen LogP contribution in [0, 0.1) is 0 Å². The molecule has 1 aliphatic carbocycles. The van der Waals surface area contributed by atoms with Gasteiger partial charge < -0.3 is 4.74 Å². The van der Waals surface area contributed by atoms with Crippen LogP contribution in [0.1, 0.15) is 46.3 Å². The van der Waals surface area contributed by atoms with Gasteiger partial charge in [-0.2, -0.15) is 0 Å². The Morgan fingerprint density at radius 2 is 2.20 bits per heavy atom. The number of hydrogen-bond acceptors (Lipinski definition) is 4. The van der Waals surface area contributed by atoms with Gasteiger partial charge in [0.05, 0.1) is 18.9 Å². The quantitative estimate of drug-likeness (QED) is 0.680. The number of hydrogen-bond donors (Lipinski definition) is 0. The van der Waals surface area contributed by atoms with E-state index in [1.807, 2.05) is 0 Å². The predicted molar refractivity (Wildman–Crippen MR) is 52.8 cm³/mol. The molecule has 4 nitrogen and oxygen atoms in total. The molecule has 15 heavy (non-hydrogen) atoms. The number of carbonyl (C=O) groups excluding carboxylic acids is 1. The highest BCUT2D eigenvalue weighted by Gasteiger charge is 2.29. The van der Waals surface area contributed by atoms with Crippen molar-refractivity contribution < 1.29 is 9.53 Å². The van der Waals surface area contributed by atoms with Crippen molar-refractivity contribution in [1.29, 1.82) is 0 Å². The molecule has 0 amide bonds. The number of nitrogens with zero attached hydrogens (tertiary/aromatic N) is 2. The molecule has 0 unspecified atom stereocenters. The van der Waals surface area contributed by atoms with Crippen LogP contribution in [0.25, 0.3) is 0 Å². The Bertz CT molecular complexity index is 413. The summed E-state index contributed by atoms with van der Waals surface area (Å²) in [6.45, 7) is 1.19. The van der Waals surface area contributed by atoms with Crippen LogP contribution in [-0.2, 0) is 17.8 Å². The van der Waals surface area contributed by atoms with Gasteiger partial charge in [-0.1, -0.05) is 0 Å². The second-order valence-corrected chi connectivity index (χ2v) is 4.09. The van der Waals surface area contributed by atoms with Gasteiger partial charge in [0.15, 0.2) is 6.29 Å². The van der Waals surface area contributed by atoms with Crippen molar-refractivity contribution in [2.45, 2.75) is 31.8 Å². The molecule has 1 aromatic heterocycles. The Morgan fingerprint density at radius 1 is 1.33 bits per heavy atom. The summed E-state index contributed by atoms with van der Waals surface area (Å²) in [5, 5.41) is 0. The van der Waals surface area contributed by atoms with E-state index in [1.165, 1.54) is 0 Å². The number of ether oxygens (including phenoxy) is 1. The van der Waals surface area contributed by atoms with Crippen LogP contribution in [0.5, 0.6) is 0 Å². The van der Waals surface area contributed by atoms with E-state index in [0.717, 1.165) is 42.6 Å². The Hall–Kier alpha value is -1.29. The number of fused-ring (bicyclic) bond motifs is 1. The minimum absolute atomic E-state index is 0.482. The van der Waals surface area contributed by atoms with Gasteiger partial charge in [-0.3, -0.25) is 4.79 Å². The van der Waals surface area contributed by atoms with E-state index in [2.05, 4.69) is 9.97 Å². The third-order valence-corrected chi connectivity index (χ3v) is 2.93. The maximum absolute atomic E-state index is 10.9. The topological polar surface area (TPSA) is 52.1 Å². The highest BCUT2D eigenvalue weighted by molar-refractivity contribution is 5.74. The summed E-state index contributed by atoms with van der Waals surface area (Å²) in [6.07, 6.45) is 3.90. The van der Waals surface area contributed by atoms with Crippen molar-refractivity contribution in [3.8, 4) is 0 Å². The SMILES string of the molecule is O=Cc1nc(C2CC2)nc2c1CCOC2. The second-order valence-electron chi connectivity index (χ2n) is 4.09. The lowest BCUT2D eigenvalue weighted by atomic mass is 10.1. The van der Waals surface area contributed by atoms with E-state index in [1.54, 1.807) is 0 Å². The van der Waals surface area contributed by atoms with Gasteiger partial charge >= 0.3 is 0 Å². The van der Waals surface area contributed by atoms with Crippen LogP contribution in [0.2, 0.25) is 0 Å². The lowest BCUT2D eigenvalue weighted by Crippen LogP contribution is -2.17. The number of carbonyl (C=O) groups is 1. The van der Waals surface area contributed by atoms with Crippen LogP contribution in [-0.4, -0.2) is 22.9 Å². The van der Waals surface area contributed by atoms with Crippen LogP contribution in [0.15, 0.2) is 0 Å². The van der Waals surface area contributed by atoms with Crippen LogP contribution in [0.3, 0.4) is 0 Å². The maximum Gasteiger partial charge on any atom is 0.168 e. The zero-order valence-corrected chi connectivity index (χ0v) is 8.40. The lowest BCUT2D eigenvalue weighted by molar-refractivity contribution is 0.104. The van der Waals surface area contributed by atoms with Crippen molar-refractivity contribution in [3.63, 3.8) is 0 Å². The van der Waals surface area contributed by atoms with Gasteiger partial charge in [-0.15, -0.1) is 0 Å². The molecule has 4 heteroatoms. The fourth-order valence-electron chi connectivity index (χ4n) is 1.93. The average Bonchev–Trinajstić information content (AvgIpc) is 3.11. The van der Waals surface area contributed by atoms with Crippen molar-refractivity contribution in [3.05, 3.63) is 22.8 Å². The molecule has 0 radical (unpaired) electrons. The molecule has 1 aliphatic heterocycles. The summed E-state index contributed by atoms with van der Waals surface area (Å²) in [7, 11) is 0. The fourth-order valence-corrected chi connectivity index (χ4v) is 1.93. The van der Waals surface area contributed by atoms with Gasteiger partial charge in [0.1, 0.15) is 11.5 Å². The molecule has 1 aromatic rings. The zero-order chi connectivity index (χ0) is 10.3. The summed E-state index contributed by atoms with van der Waals surface area (Å²) in [5.74, 6) is 1.32. The third kappa shape index (κ3) is 1.55. The smallest absolute Gasteiger partial charge is 0.168 e. The second kappa shape index (κ2) is 3.38. The van der Waals surface area contributed by atoms with Gasteiger partial charge in [0, 0.05) is 11.5 Å². The van der Waals surface area contributed by atoms with Gasteiger partial charge in [0.25, 0.3) is 0 Å². The first-order valence-electron chi connectivity index (χ1n) is 5.31. The van der Waals surface area contributed by atoms with E-state index in [0.29, 0.717) is 24.8 Å². The molecule has 0 saturated heterocycles. The molecule has 1 saturated carbocycles. The number of rotatable bonds is 2. The van der Waals surface area contributed by atoms with E-state index in [4.69, 9.17) is 4.74 Å². The first-order valence-corrected chi connectivity index (χ1v) is 5.31. The first kappa shape index (κ1) is 8.97. The summed E-state index contributed by atoms with van der Waals surface area (Å²) in [5.41, 5.74) is 2.48. The summed E-state index contributed by atoms with van der Waals surface area (Å²) < 4.78 is 5.34. The Labute approximate surface area is 87.7 Å². The van der Waals surface area contributed by atoms with Crippen LogP contribution >= 0.6 is 0 Å². The lowest BCUT2D eigenvalue weighted by Gasteiger charge is -2.17. The molecular formula is C11H12N2O2. The minimum atomic E-state index is 0.482. The summed E-state index contributed by atoms with van der Waals surface area (Å²) in [4.78, 5) is 19.8. The normalized spacial score (nSPS) is 19.7. The molecule has 0 aromatic carbocycles. The molecule has 2 aliphatic rings. The van der Waals surface area contributed by atoms with Gasteiger partial charge in [-0.25, -0.2) is 9.97 Å². The van der Waals surface area contributed by atoms with Crippen molar-refractivity contribution >= 4 is 6.29 Å². The van der Waals surface area contributed by atoms with Crippen molar-refractivity contribution in [1.82, 2.24) is 9.97 Å². The molecule has 0 spiro atoms. The number of aldehydes is 1. The highest BCUT2D eigenvalue weighted by atomic mass is 16.5. The highest BCUT2D eigenvalue weighted by Crippen LogP contribution is 2.38. The molecule has 3 rings (SSSR count). The zero-order valence-electron chi connectivity index (χ0n) is 8.40. The molecule has 0 bridgehead atoms. The van der Waals surface area contributed by atoms with E-state index >= 15 is 0 Å². The Morgan fingerprint density at radius 3 is 2.93 bits per heavy atom. The van der Waals surface area contributed by atoms with Crippen molar-refractivity contribution in [2.24, 2.45) is 0 Å². The van der Waals surface area contributed by atoms with E-state index < -0.39 is 0 Å². The standard InChI is InChI=1S/C11H12N2O2/c14-5-9-8-3-4-15-6-10(8)13-11(12-9)7-1-2-7/h5,7H,1-4,6H2. The van der Waals surface area contributed by atoms with E-state index in [9.17, 15) is 4.79 Å². The third-order valence-electron chi connectivity index (χ3n) is 2.93. The average molecular weight is 204 g/mol. The molecule has 0 N–H and O–H groups in total. The molecule has 1 fully saturated rings. The molecular weight excluding hydrogens is 192 g/mol. The molecule has 78 valence electrons. The summed E-state index contributed by atoms with van der Waals surface area (Å²) in [6, 6.07) is 0. The van der Waals surface area contributed by atoms with Crippen molar-refractivity contribution in [2.75, 3.05) is 6.61 Å². The van der Waals surface area contributed by atoms with Gasteiger partial charge in [-0.05, 0) is 19.3 Å². The number of aromatic nitrogens is 2. The first-order chi connectivity index (χ1) is 7.38. The van der Waals surface area contributed by atoms with Crippen LogP contribution in [0.4, 0.5) is 0 Å². The van der Waals surface area contributed by atoms with Crippen LogP contribution < -0.4 is 0 Å². The Kier molecular flexibility index (Phi) is 2.02. The monoisotopic (exact) mass is 204 g/mol. The maximum atomic E-state index is 10.9. The molecule has 0 atom stereocenters.